The van der Waals surface area contributed by atoms with Crippen molar-refractivity contribution in [1.82, 2.24) is 19.9 Å². The molecule has 0 unspecified atom stereocenters. The largest absolute Gasteiger partial charge is 0.356 e. The maximum absolute atomic E-state index is 13.7. The van der Waals surface area contributed by atoms with E-state index in [1.807, 2.05) is 35.2 Å². The molecule has 0 saturated carbocycles. The van der Waals surface area contributed by atoms with Gasteiger partial charge in [-0.1, -0.05) is 43.5 Å². The van der Waals surface area contributed by atoms with Gasteiger partial charge >= 0.3 is 0 Å². The van der Waals surface area contributed by atoms with E-state index in [2.05, 4.69) is 42.0 Å². The Kier molecular flexibility index (Phi) is 6.94. The molecular formula is C25H29ClN8O. The lowest BCUT2D eigenvalue weighted by molar-refractivity contribution is -0.119. The maximum atomic E-state index is 13.7. The van der Waals surface area contributed by atoms with E-state index in [1.165, 1.54) is 0 Å². The number of amides is 1. The second kappa shape index (κ2) is 10.4. The predicted octanol–water partition coefficient (Wildman–Crippen LogP) is 3.76. The molecule has 0 radical (unpaired) electrons. The Morgan fingerprint density at radius 3 is 2.54 bits per heavy atom. The zero-order valence-corrected chi connectivity index (χ0v) is 20.5. The molecule has 182 valence electrons. The third-order valence-corrected chi connectivity index (χ3v) is 6.67. The first-order valence-corrected chi connectivity index (χ1v) is 12.5. The molecule has 1 atom stereocenters. The summed E-state index contributed by atoms with van der Waals surface area (Å²) in [7, 11) is 0. The second-order valence-corrected chi connectivity index (χ2v) is 9.25. The van der Waals surface area contributed by atoms with E-state index in [0.29, 0.717) is 17.4 Å². The molecule has 2 aromatic heterocycles. The van der Waals surface area contributed by atoms with Crippen molar-refractivity contribution in [1.29, 1.82) is 0 Å². The van der Waals surface area contributed by atoms with Crippen LogP contribution in [0.25, 0.3) is 0 Å². The van der Waals surface area contributed by atoms with Gasteiger partial charge in [0.25, 0.3) is 0 Å². The quantitative estimate of drug-likeness (QED) is 0.533. The number of aromatic nitrogens is 4. The fourth-order valence-corrected chi connectivity index (χ4v) is 4.84. The van der Waals surface area contributed by atoms with E-state index in [1.54, 1.807) is 18.7 Å². The van der Waals surface area contributed by atoms with Crippen LogP contribution < -0.4 is 20.0 Å². The Morgan fingerprint density at radius 2 is 1.80 bits per heavy atom. The Hall–Kier alpha value is -3.46. The van der Waals surface area contributed by atoms with Crippen LogP contribution in [0.3, 0.4) is 0 Å². The number of halogens is 1. The van der Waals surface area contributed by atoms with E-state index < -0.39 is 0 Å². The third-order valence-electron chi connectivity index (χ3n) is 6.44. The van der Waals surface area contributed by atoms with E-state index in [4.69, 9.17) is 11.6 Å². The summed E-state index contributed by atoms with van der Waals surface area (Å²) in [6, 6.07) is 9.15. The number of rotatable bonds is 7. The predicted molar refractivity (Wildman–Crippen MR) is 138 cm³/mol. The molecule has 1 fully saturated rings. The zero-order valence-electron chi connectivity index (χ0n) is 19.8. The summed E-state index contributed by atoms with van der Waals surface area (Å²) < 4.78 is 0. The number of anilines is 4. The van der Waals surface area contributed by atoms with Crippen LogP contribution in [0.5, 0.6) is 0 Å². The van der Waals surface area contributed by atoms with Crippen LogP contribution in [-0.4, -0.2) is 58.1 Å². The minimum Gasteiger partial charge on any atom is -0.356 e. The summed E-state index contributed by atoms with van der Waals surface area (Å²) in [6.45, 7) is 5.54. The van der Waals surface area contributed by atoms with Crippen molar-refractivity contribution < 1.29 is 4.79 Å². The first-order valence-electron chi connectivity index (χ1n) is 12.1. The maximum Gasteiger partial charge on any atom is 0.250 e. The van der Waals surface area contributed by atoms with Gasteiger partial charge in [-0.2, -0.15) is 0 Å². The minimum atomic E-state index is -0.309. The van der Waals surface area contributed by atoms with Crippen molar-refractivity contribution in [2.45, 2.75) is 38.8 Å². The Bertz CT molecular complexity index is 1170. The zero-order chi connectivity index (χ0) is 24.2. The molecule has 10 heteroatoms. The normalized spacial score (nSPS) is 17.8. The molecule has 0 spiro atoms. The monoisotopic (exact) mass is 492 g/mol. The molecule has 2 aliphatic heterocycles. The Morgan fingerprint density at radius 1 is 1.03 bits per heavy atom. The van der Waals surface area contributed by atoms with Gasteiger partial charge in [0.15, 0.2) is 11.6 Å². The number of benzene rings is 1. The van der Waals surface area contributed by atoms with E-state index in [0.717, 1.165) is 68.5 Å². The van der Waals surface area contributed by atoms with Gasteiger partial charge < -0.3 is 15.1 Å². The number of carbonyl (C=O) groups excluding carboxylic acids is 1. The highest BCUT2D eigenvalue weighted by molar-refractivity contribution is 6.30. The van der Waals surface area contributed by atoms with Crippen LogP contribution in [-0.2, 0) is 11.3 Å². The number of carbonyl (C=O) groups is 1. The number of unbranched alkanes of at least 4 members (excludes halogenated alkanes) is 1. The molecule has 35 heavy (non-hydrogen) atoms. The van der Waals surface area contributed by atoms with Crippen molar-refractivity contribution in [2.75, 3.05) is 46.2 Å². The van der Waals surface area contributed by atoms with Gasteiger partial charge in [-0.3, -0.25) is 9.69 Å². The molecule has 1 aromatic carbocycles. The fourth-order valence-electron chi connectivity index (χ4n) is 4.63. The average Bonchev–Trinajstić information content (AvgIpc) is 2.89. The minimum absolute atomic E-state index is 0.0401. The number of nitrogens with one attached hydrogen (secondary N) is 1. The Labute approximate surface area is 210 Å². The lowest BCUT2D eigenvalue weighted by Crippen LogP contribution is -2.50. The van der Waals surface area contributed by atoms with Crippen LogP contribution in [0.15, 0.2) is 49.1 Å². The smallest absolute Gasteiger partial charge is 0.250 e. The molecule has 9 nitrogen and oxygen atoms in total. The third kappa shape index (κ3) is 5.00. The highest BCUT2D eigenvalue weighted by Crippen LogP contribution is 2.39. The van der Waals surface area contributed by atoms with Gasteiger partial charge in [-0.05, 0) is 30.2 Å². The molecular weight excluding hydrogens is 464 g/mol. The van der Waals surface area contributed by atoms with Gasteiger partial charge in [0, 0.05) is 43.6 Å². The standard InChI is InChI=1S/C25H29ClN8O/c1-2-3-8-20-24(35)34(16-18-6-4-7-19(26)15-18)21-22(31-20)29-17-30-23(21)32-11-13-33(14-12-32)25-27-9-5-10-28-25/h4-7,9-10,15,17,20H,2-3,8,11-14,16H2,1H3,(H,29,30,31)/t20-/m0/s1. The lowest BCUT2D eigenvalue weighted by Gasteiger charge is -2.40. The first-order chi connectivity index (χ1) is 17.1. The van der Waals surface area contributed by atoms with E-state index >= 15 is 0 Å². The lowest BCUT2D eigenvalue weighted by atomic mass is 10.0. The first kappa shape index (κ1) is 23.3. The van der Waals surface area contributed by atoms with Gasteiger partial charge in [0.05, 0.1) is 6.54 Å². The molecule has 1 saturated heterocycles. The highest BCUT2D eigenvalue weighted by atomic mass is 35.5. The number of fused-ring (bicyclic) bond motifs is 1. The number of hydrogen-bond donors (Lipinski definition) is 1. The van der Waals surface area contributed by atoms with Crippen LogP contribution >= 0.6 is 11.6 Å². The van der Waals surface area contributed by atoms with E-state index in [9.17, 15) is 4.79 Å². The topological polar surface area (TPSA) is 90.4 Å². The number of piperazine rings is 1. The van der Waals surface area contributed by atoms with Crippen molar-refractivity contribution in [3.8, 4) is 0 Å². The fraction of sp³-hybridized carbons (Fsp3) is 0.400. The molecule has 1 amide bonds. The summed E-state index contributed by atoms with van der Waals surface area (Å²) in [4.78, 5) is 37.8. The summed E-state index contributed by atoms with van der Waals surface area (Å²) in [5.41, 5.74) is 1.70. The van der Waals surface area contributed by atoms with Crippen molar-refractivity contribution >= 4 is 40.8 Å². The number of hydrogen-bond acceptors (Lipinski definition) is 8. The summed E-state index contributed by atoms with van der Waals surface area (Å²) in [5, 5.41) is 4.05. The summed E-state index contributed by atoms with van der Waals surface area (Å²) >= 11 is 6.25. The number of nitrogens with zero attached hydrogens (tertiary/aromatic N) is 7. The molecule has 0 bridgehead atoms. The van der Waals surface area contributed by atoms with Crippen LogP contribution in [0.1, 0.15) is 31.7 Å². The molecule has 4 heterocycles. The second-order valence-electron chi connectivity index (χ2n) is 8.81. The highest BCUT2D eigenvalue weighted by Gasteiger charge is 2.37. The summed E-state index contributed by atoms with van der Waals surface area (Å²) in [6.07, 6.45) is 7.85. The van der Waals surface area contributed by atoms with Crippen LogP contribution in [0.4, 0.5) is 23.3 Å². The molecule has 0 aliphatic carbocycles. The van der Waals surface area contributed by atoms with Crippen molar-refractivity contribution in [3.63, 3.8) is 0 Å². The molecule has 1 N–H and O–H groups in total. The van der Waals surface area contributed by atoms with Gasteiger partial charge in [0.1, 0.15) is 18.1 Å². The summed E-state index contributed by atoms with van der Waals surface area (Å²) in [5.74, 6) is 2.24. The molecule has 5 rings (SSSR count). The average molecular weight is 493 g/mol. The SMILES string of the molecule is CCCC[C@@H]1Nc2ncnc(N3CCN(c4ncccn4)CC3)c2N(Cc2cccc(Cl)c2)C1=O. The van der Waals surface area contributed by atoms with Crippen LogP contribution in [0, 0.1) is 0 Å². The molecule has 2 aliphatic rings. The van der Waals surface area contributed by atoms with Crippen molar-refractivity contribution in [3.05, 3.63) is 59.6 Å². The Balaban J connectivity index is 1.45. The van der Waals surface area contributed by atoms with Crippen LogP contribution in [0.2, 0.25) is 5.02 Å². The van der Waals surface area contributed by atoms with E-state index in [-0.39, 0.29) is 11.9 Å². The van der Waals surface area contributed by atoms with Gasteiger partial charge in [0.2, 0.25) is 11.9 Å². The van der Waals surface area contributed by atoms with Crippen molar-refractivity contribution in [2.24, 2.45) is 0 Å². The van der Waals surface area contributed by atoms with Gasteiger partial charge in [-0.25, -0.2) is 19.9 Å². The molecule has 3 aromatic rings. The van der Waals surface area contributed by atoms with Gasteiger partial charge in [-0.15, -0.1) is 0 Å².